The van der Waals surface area contributed by atoms with Crippen LogP contribution in [0.5, 0.6) is 0 Å². The van der Waals surface area contributed by atoms with E-state index in [0.29, 0.717) is 37.8 Å². The molecular formula is C22H34N14O4. The van der Waals surface area contributed by atoms with Crippen molar-refractivity contribution in [3.05, 3.63) is 45.3 Å². The average Bonchev–Trinajstić information content (AvgIpc) is 3.40. The molecule has 1 aromatic rings. The molecule has 0 aliphatic carbocycles. The molecular weight excluding hydrogens is 524 g/mol. The number of pyridine rings is 1. The lowest BCUT2D eigenvalue weighted by atomic mass is 10.1. The Morgan fingerprint density at radius 3 is 2.40 bits per heavy atom. The number of fused-ring (bicyclic) bond motifs is 1. The highest BCUT2D eigenvalue weighted by molar-refractivity contribution is 5.99. The van der Waals surface area contributed by atoms with Crippen LogP contribution in [0, 0.1) is 0 Å². The van der Waals surface area contributed by atoms with Crippen LogP contribution >= 0.6 is 0 Å². The molecule has 0 radical (unpaired) electrons. The molecule has 0 saturated heterocycles. The molecule has 5 rings (SSSR count). The molecule has 40 heavy (non-hydrogen) atoms. The zero-order chi connectivity index (χ0) is 28.6. The predicted octanol–water partition coefficient (Wildman–Crippen LogP) is -4.52. The summed E-state index contributed by atoms with van der Waals surface area (Å²) in [7, 11) is 1.66. The van der Waals surface area contributed by atoms with Gasteiger partial charge < -0.3 is 54.1 Å². The Bertz CT molecular complexity index is 1320. The number of hydrogen-bond donors (Lipinski definition) is 11. The van der Waals surface area contributed by atoms with Crippen molar-refractivity contribution >= 4 is 29.5 Å². The second kappa shape index (κ2) is 10.9. The van der Waals surface area contributed by atoms with Gasteiger partial charge in [-0.3, -0.25) is 29.6 Å². The van der Waals surface area contributed by atoms with E-state index in [1.54, 1.807) is 7.05 Å². The van der Waals surface area contributed by atoms with Crippen LogP contribution in [-0.4, -0.2) is 91.6 Å². The smallest absolute Gasteiger partial charge is 0.324 e. The van der Waals surface area contributed by atoms with Crippen LogP contribution in [0.2, 0.25) is 0 Å². The number of nitrogens with two attached hydrogens (primary N) is 3. The van der Waals surface area contributed by atoms with Crippen LogP contribution in [0.1, 0.15) is 11.7 Å². The summed E-state index contributed by atoms with van der Waals surface area (Å²) in [5, 5.41) is 20.3. The molecule has 0 bridgehead atoms. The monoisotopic (exact) mass is 558 g/mol. The Balaban J connectivity index is 1.35. The van der Waals surface area contributed by atoms with Gasteiger partial charge in [0.1, 0.15) is 24.0 Å². The summed E-state index contributed by atoms with van der Waals surface area (Å²) in [5.41, 5.74) is 19.1. The van der Waals surface area contributed by atoms with Gasteiger partial charge in [-0.05, 0) is 7.05 Å². The number of carbonyl (C=O) groups is 3. The van der Waals surface area contributed by atoms with Gasteiger partial charge >= 0.3 is 12.1 Å². The quantitative estimate of drug-likeness (QED) is 0.137. The number of urea groups is 2. The molecule has 0 fully saturated rings. The lowest BCUT2D eigenvalue weighted by Crippen LogP contribution is -2.67. The van der Waals surface area contributed by atoms with Crippen molar-refractivity contribution < 1.29 is 14.4 Å². The summed E-state index contributed by atoms with van der Waals surface area (Å²) in [4.78, 5) is 58.4. The van der Waals surface area contributed by atoms with Gasteiger partial charge in [0.25, 0.3) is 11.5 Å². The van der Waals surface area contributed by atoms with E-state index in [1.807, 2.05) is 11.1 Å². The molecule has 1 aromatic heterocycles. The maximum atomic E-state index is 12.9. The first-order valence-electron chi connectivity index (χ1n) is 12.7. The number of carbonyl (C=O) groups excluding carboxylic acids is 3. The zero-order valence-electron chi connectivity index (χ0n) is 21.8. The van der Waals surface area contributed by atoms with E-state index in [0.717, 1.165) is 5.70 Å². The summed E-state index contributed by atoms with van der Waals surface area (Å²) in [6.45, 7) is 2.18. The Morgan fingerprint density at radius 2 is 1.70 bits per heavy atom. The van der Waals surface area contributed by atoms with E-state index in [2.05, 4.69) is 42.2 Å². The highest BCUT2D eigenvalue weighted by Crippen LogP contribution is 2.27. The van der Waals surface area contributed by atoms with Crippen molar-refractivity contribution in [2.75, 3.05) is 57.1 Å². The van der Waals surface area contributed by atoms with Crippen LogP contribution < -0.4 is 64.9 Å². The summed E-state index contributed by atoms with van der Waals surface area (Å²) < 4.78 is 0. The van der Waals surface area contributed by atoms with Gasteiger partial charge in [-0.2, -0.15) is 0 Å². The number of amides is 5. The van der Waals surface area contributed by atoms with Crippen LogP contribution in [0.4, 0.5) is 21.1 Å². The van der Waals surface area contributed by atoms with Crippen LogP contribution in [0.25, 0.3) is 0 Å². The number of aromatic nitrogens is 1. The Hall–Kier alpha value is -4.52. The summed E-state index contributed by atoms with van der Waals surface area (Å²) in [6.07, 6.45) is -0.654. The third-order valence-electron chi connectivity index (χ3n) is 7.01. The molecule has 0 aromatic carbocycles. The van der Waals surface area contributed by atoms with Crippen molar-refractivity contribution in [2.45, 2.75) is 18.6 Å². The fraction of sp³-hybridized carbons (Fsp3) is 0.455. The standard InChI is InChI=1S/C22H34N14O4/c1-26-20-32-17-14(19(38)33-20)16(25)31-22(40)36(17)5-3-34(8-10-7-27-9-28-10)2-4-35-11-6-12(23)29-18(37)13(11)15(24)30-21(35)39/h6-7,15-16,20,26-28,32H,2-5,8-9,24-25H2,1H3,(H,30,39)(H,31,40)(H,33,38)(H3,23,29,37). The van der Waals surface area contributed by atoms with Gasteiger partial charge in [-0.1, -0.05) is 0 Å². The first kappa shape index (κ1) is 27.1. The minimum absolute atomic E-state index is 0.112. The lowest BCUT2D eigenvalue weighted by molar-refractivity contribution is -0.119. The molecule has 0 spiro atoms. The number of H-pyrrole nitrogens is 1. The molecule has 5 heterocycles. The van der Waals surface area contributed by atoms with Gasteiger partial charge in [0.15, 0.2) is 6.29 Å². The third-order valence-corrected chi connectivity index (χ3v) is 7.01. The molecule has 3 atom stereocenters. The second-order valence-electron chi connectivity index (χ2n) is 9.62. The van der Waals surface area contributed by atoms with Crippen molar-refractivity contribution in [2.24, 2.45) is 11.5 Å². The number of nitrogens with one attached hydrogen (secondary N) is 8. The molecule has 0 saturated carbocycles. The molecule has 14 N–H and O–H groups in total. The molecule has 5 amide bonds. The van der Waals surface area contributed by atoms with E-state index in [-0.39, 0.29) is 30.0 Å². The van der Waals surface area contributed by atoms with Crippen molar-refractivity contribution in [1.29, 1.82) is 0 Å². The number of nitrogens with zero attached hydrogens (tertiary/aromatic N) is 3. The molecule has 4 aliphatic rings. The van der Waals surface area contributed by atoms with E-state index in [4.69, 9.17) is 17.2 Å². The fourth-order valence-corrected chi connectivity index (χ4v) is 5.02. The topological polar surface area (TPSA) is 256 Å². The number of nitrogen functional groups attached to an aromatic ring is 1. The maximum absolute atomic E-state index is 12.9. The highest BCUT2D eigenvalue weighted by Gasteiger charge is 2.39. The lowest BCUT2D eigenvalue weighted by Gasteiger charge is -2.41. The van der Waals surface area contributed by atoms with Crippen LogP contribution in [0.3, 0.4) is 0 Å². The van der Waals surface area contributed by atoms with Gasteiger partial charge in [0.2, 0.25) is 0 Å². The maximum Gasteiger partial charge on any atom is 0.324 e. The Kier molecular flexibility index (Phi) is 7.39. The van der Waals surface area contributed by atoms with Crippen molar-refractivity contribution in [3.63, 3.8) is 0 Å². The van der Waals surface area contributed by atoms with Gasteiger partial charge in [-0.15, -0.1) is 0 Å². The number of rotatable bonds is 9. The summed E-state index contributed by atoms with van der Waals surface area (Å²) in [6, 6.07) is 0.605. The molecule has 18 heteroatoms. The van der Waals surface area contributed by atoms with Crippen molar-refractivity contribution in [3.8, 4) is 0 Å². The van der Waals surface area contributed by atoms with E-state index < -0.39 is 42.1 Å². The number of anilines is 2. The number of aromatic amines is 1. The van der Waals surface area contributed by atoms with E-state index in [9.17, 15) is 19.2 Å². The second-order valence-corrected chi connectivity index (χ2v) is 9.62. The number of hydrogen-bond acceptors (Lipinski definition) is 12. The largest absolute Gasteiger partial charge is 0.385 e. The Labute approximate surface area is 228 Å². The normalized spacial score (nSPS) is 23.9. The van der Waals surface area contributed by atoms with E-state index >= 15 is 0 Å². The first-order chi connectivity index (χ1) is 19.2. The fourth-order valence-electron chi connectivity index (χ4n) is 5.02. The predicted molar refractivity (Wildman–Crippen MR) is 144 cm³/mol. The first-order valence-corrected chi connectivity index (χ1v) is 12.7. The van der Waals surface area contributed by atoms with Gasteiger partial charge in [0.05, 0.1) is 23.5 Å². The van der Waals surface area contributed by atoms with Gasteiger partial charge in [0, 0.05) is 50.7 Å². The highest BCUT2D eigenvalue weighted by atomic mass is 16.2. The van der Waals surface area contributed by atoms with E-state index in [1.165, 1.54) is 15.9 Å². The average molecular weight is 559 g/mol. The third kappa shape index (κ3) is 5.19. The minimum Gasteiger partial charge on any atom is -0.385 e. The Morgan fingerprint density at radius 1 is 1.00 bits per heavy atom. The molecule has 3 unspecified atom stereocenters. The SMILES string of the molecule is CNC1NC(=O)C2=C(N1)N(CCN(CCN1C(=O)NC(N)c3c1cc(N)[nH]c3=O)CC1=CNCN1)C(=O)NC2N. The minimum atomic E-state index is -0.966. The summed E-state index contributed by atoms with van der Waals surface area (Å²) >= 11 is 0. The summed E-state index contributed by atoms with van der Waals surface area (Å²) in [5.74, 6) is 0.0458. The van der Waals surface area contributed by atoms with Gasteiger partial charge in [-0.25, -0.2) is 9.59 Å². The molecule has 18 nitrogen and oxygen atoms in total. The zero-order valence-corrected chi connectivity index (χ0v) is 21.8. The molecule has 4 aliphatic heterocycles. The van der Waals surface area contributed by atoms with Crippen LogP contribution in [0.15, 0.2) is 34.2 Å². The van der Waals surface area contributed by atoms with Crippen molar-refractivity contribution in [1.82, 2.24) is 52.0 Å². The van der Waals surface area contributed by atoms with Crippen LogP contribution in [-0.2, 0) is 4.79 Å². The molecule has 216 valence electrons.